The van der Waals surface area contributed by atoms with Crippen molar-refractivity contribution in [3.05, 3.63) is 31.3 Å². The maximum Gasteiger partial charge on any atom is 0.417 e. The van der Waals surface area contributed by atoms with Gasteiger partial charge in [0.15, 0.2) is 0 Å². The molecule has 0 saturated heterocycles. The third kappa shape index (κ3) is 2.37. The molecule has 0 saturated carbocycles. The first-order valence-corrected chi connectivity index (χ1v) is 5.23. The van der Waals surface area contributed by atoms with Crippen molar-refractivity contribution in [1.82, 2.24) is 0 Å². The van der Waals surface area contributed by atoms with Crippen molar-refractivity contribution in [3.8, 4) is 0 Å². The molecule has 0 nitrogen and oxygen atoms in total. The van der Waals surface area contributed by atoms with Gasteiger partial charge in [0.2, 0.25) is 0 Å². The van der Waals surface area contributed by atoms with E-state index in [0.29, 0.717) is 4.47 Å². The standard InChI is InChI=1S/C8H5BrF3I/c1-4-5(9)2-3-6(13)7(4)8(10,11)12/h2-3H,1H3. The minimum atomic E-state index is -4.27. The molecule has 1 rings (SSSR count). The van der Waals surface area contributed by atoms with Crippen LogP contribution < -0.4 is 0 Å². The Morgan fingerprint density at radius 1 is 1.31 bits per heavy atom. The summed E-state index contributed by atoms with van der Waals surface area (Å²) in [6.45, 7) is 1.45. The molecule has 0 aliphatic carbocycles. The first kappa shape index (κ1) is 11.3. The highest BCUT2D eigenvalue weighted by atomic mass is 127. The molecule has 13 heavy (non-hydrogen) atoms. The van der Waals surface area contributed by atoms with Gasteiger partial charge in [-0.05, 0) is 47.2 Å². The zero-order valence-electron chi connectivity index (χ0n) is 6.54. The lowest BCUT2D eigenvalue weighted by atomic mass is 10.1. The van der Waals surface area contributed by atoms with Gasteiger partial charge in [-0.25, -0.2) is 0 Å². The van der Waals surface area contributed by atoms with E-state index in [1.165, 1.54) is 13.0 Å². The smallest absolute Gasteiger partial charge is 0.166 e. The molecule has 0 fully saturated rings. The van der Waals surface area contributed by atoms with Crippen LogP contribution in [0.3, 0.4) is 0 Å². The van der Waals surface area contributed by atoms with Gasteiger partial charge < -0.3 is 0 Å². The third-order valence-electron chi connectivity index (χ3n) is 1.63. The first-order valence-electron chi connectivity index (χ1n) is 3.36. The molecule has 0 heterocycles. The zero-order chi connectivity index (χ0) is 10.2. The van der Waals surface area contributed by atoms with Crippen LogP contribution in [0.25, 0.3) is 0 Å². The maximum atomic E-state index is 12.5. The molecule has 0 bridgehead atoms. The third-order valence-corrected chi connectivity index (χ3v) is 3.39. The number of rotatable bonds is 0. The molecular weight excluding hydrogens is 360 g/mol. The van der Waals surface area contributed by atoms with Gasteiger partial charge in [-0.15, -0.1) is 0 Å². The normalized spacial score (nSPS) is 11.8. The number of hydrogen-bond acceptors (Lipinski definition) is 0. The number of hydrogen-bond donors (Lipinski definition) is 0. The van der Waals surface area contributed by atoms with Crippen LogP contribution in [0.1, 0.15) is 11.1 Å². The minimum absolute atomic E-state index is 0.228. The van der Waals surface area contributed by atoms with E-state index in [4.69, 9.17) is 0 Å². The Hall–Kier alpha value is 0.220. The van der Waals surface area contributed by atoms with Crippen molar-refractivity contribution in [1.29, 1.82) is 0 Å². The SMILES string of the molecule is Cc1c(Br)ccc(I)c1C(F)(F)F. The Labute approximate surface area is 95.8 Å². The summed E-state index contributed by atoms with van der Waals surface area (Å²) in [4.78, 5) is 0. The lowest BCUT2D eigenvalue weighted by molar-refractivity contribution is -0.138. The lowest BCUT2D eigenvalue weighted by Crippen LogP contribution is -2.10. The van der Waals surface area contributed by atoms with E-state index in [0.717, 1.165) is 0 Å². The maximum absolute atomic E-state index is 12.5. The Kier molecular flexibility index (Phi) is 3.27. The molecule has 0 aliphatic heterocycles. The first-order chi connectivity index (χ1) is 5.84. The van der Waals surface area contributed by atoms with Crippen LogP contribution >= 0.6 is 38.5 Å². The summed E-state index contributed by atoms with van der Waals surface area (Å²) in [7, 11) is 0. The summed E-state index contributed by atoms with van der Waals surface area (Å²) in [5.74, 6) is 0. The monoisotopic (exact) mass is 364 g/mol. The van der Waals surface area contributed by atoms with E-state index in [2.05, 4.69) is 15.9 Å². The van der Waals surface area contributed by atoms with Crippen LogP contribution in [0, 0.1) is 10.5 Å². The molecule has 1 aromatic rings. The second-order valence-electron chi connectivity index (χ2n) is 2.53. The van der Waals surface area contributed by atoms with Crippen molar-refractivity contribution < 1.29 is 13.2 Å². The van der Waals surface area contributed by atoms with Crippen molar-refractivity contribution >= 4 is 38.5 Å². The highest BCUT2D eigenvalue weighted by Gasteiger charge is 2.35. The number of halogens is 5. The van der Waals surface area contributed by atoms with Crippen molar-refractivity contribution in [3.63, 3.8) is 0 Å². The second-order valence-corrected chi connectivity index (χ2v) is 4.54. The number of benzene rings is 1. The van der Waals surface area contributed by atoms with Crippen molar-refractivity contribution in [2.45, 2.75) is 13.1 Å². The molecule has 0 spiro atoms. The largest absolute Gasteiger partial charge is 0.417 e. The van der Waals surface area contributed by atoms with Crippen LogP contribution in [0.15, 0.2) is 16.6 Å². The summed E-state index contributed by atoms with van der Waals surface area (Å²) < 4.78 is 38.1. The van der Waals surface area contributed by atoms with Crippen LogP contribution in [0.5, 0.6) is 0 Å². The van der Waals surface area contributed by atoms with Gasteiger partial charge >= 0.3 is 6.18 Å². The predicted octanol–water partition coefficient (Wildman–Crippen LogP) is 4.38. The highest BCUT2D eigenvalue weighted by molar-refractivity contribution is 14.1. The molecular formula is C8H5BrF3I. The number of alkyl halides is 3. The Balaban J connectivity index is 3.43. The summed E-state index contributed by atoms with van der Waals surface area (Å²) in [5, 5.41) is 0. The van der Waals surface area contributed by atoms with E-state index < -0.39 is 11.7 Å². The summed E-state index contributed by atoms with van der Waals surface area (Å²) in [6.07, 6.45) is -4.27. The molecule has 72 valence electrons. The summed E-state index contributed by atoms with van der Waals surface area (Å²) >= 11 is 4.76. The molecule has 0 aliphatic rings. The molecule has 0 aromatic heterocycles. The molecule has 0 unspecified atom stereocenters. The van der Waals surface area contributed by atoms with Gasteiger partial charge in [0.1, 0.15) is 0 Å². The quantitative estimate of drug-likeness (QED) is 0.599. The van der Waals surface area contributed by atoms with E-state index in [-0.39, 0.29) is 9.13 Å². The van der Waals surface area contributed by atoms with Crippen LogP contribution in [-0.2, 0) is 6.18 Å². The summed E-state index contributed by atoms with van der Waals surface area (Å²) in [6, 6.07) is 3.06. The molecule has 0 N–H and O–H groups in total. The van der Waals surface area contributed by atoms with Crippen molar-refractivity contribution in [2.24, 2.45) is 0 Å². The molecule has 0 atom stereocenters. The van der Waals surface area contributed by atoms with E-state index in [1.54, 1.807) is 28.7 Å². The minimum Gasteiger partial charge on any atom is -0.166 e. The Bertz CT molecular complexity index is 333. The van der Waals surface area contributed by atoms with Crippen LogP contribution in [0.4, 0.5) is 13.2 Å². The highest BCUT2D eigenvalue weighted by Crippen LogP contribution is 2.37. The predicted molar refractivity (Wildman–Crippen MR) is 56.6 cm³/mol. The van der Waals surface area contributed by atoms with Gasteiger partial charge in [0.25, 0.3) is 0 Å². The van der Waals surface area contributed by atoms with Gasteiger partial charge in [0, 0.05) is 8.04 Å². The molecule has 0 amide bonds. The van der Waals surface area contributed by atoms with E-state index in [1.807, 2.05) is 0 Å². The van der Waals surface area contributed by atoms with Crippen LogP contribution in [0.2, 0.25) is 0 Å². The average molecular weight is 365 g/mol. The Morgan fingerprint density at radius 3 is 2.23 bits per heavy atom. The topological polar surface area (TPSA) is 0 Å². The van der Waals surface area contributed by atoms with Gasteiger partial charge in [-0.3, -0.25) is 0 Å². The Morgan fingerprint density at radius 2 is 1.85 bits per heavy atom. The van der Waals surface area contributed by atoms with E-state index in [9.17, 15) is 13.2 Å². The fourth-order valence-corrected chi connectivity index (χ4v) is 2.22. The van der Waals surface area contributed by atoms with Gasteiger partial charge in [-0.1, -0.05) is 15.9 Å². The lowest BCUT2D eigenvalue weighted by Gasteiger charge is -2.13. The molecule has 0 radical (unpaired) electrons. The zero-order valence-corrected chi connectivity index (χ0v) is 10.3. The fraction of sp³-hybridized carbons (Fsp3) is 0.250. The summed E-state index contributed by atoms with van der Waals surface area (Å²) in [5.41, 5.74) is -0.318. The van der Waals surface area contributed by atoms with Crippen molar-refractivity contribution in [2.75, 3.05) is 0 Å². The average Bonchev–Trinajstić information content (AvgIpc) is 1.95. The second kappa shape index (κ2) is 3.76. The van der Waals surface area contributed by atoms with Crippen LogP contribution in [-0.4, -0.2) is 0 Å². The molecule has 1 aromatic carbocycles. The van der Waals surface area contributed by atoms with Gasteiger partial charge in [-0.2, -0.15) is 13.2 Å². The fourth-order valence-electron chi connectivity index (χ4n) is 1.00. The van der Waals surface area contributed by atoms with E-state index >= 15 is 0 Å². The van der Waals surface area contributed by atoms with Gasteiger partial charge in [0.05, 0.1) is 5.56 Å². The molecule has 5 heteroatoms.